The fourth-order valence-corrected chi connectivity index (χ4v) is 1.40. The van der Waals surface area contributed by atoms with E-state index in [2.05, 4.69) is 9.97 Å². The highest BCUT2D eigenvalue weighted by Crippen LogP contribution is 2.16. The maximum Gasteiger partial charge on any atom is 0.233 e. The van der Waals surface area contributed by atoms with Crippen molar-refractivity contribution >= 4 is 11.9 Å². The molecule has 1 aliphatic rings. The first-order chi connectivity index (χ1) is 6.81. The maximum absolute atomic E-state index is 11.3. The first kappa shape index (κ1) is 8.63. The van der Waals surface area contributed by atoms with E-state index in [4.69, 9.17) is 5.26 Å². The Bertz CT molecular complexity index is 410. The van der Waals surface area contributed by atoms with E-state index in [-0.39, 0.29) is 11.6 Å². The topological polar surface area (TPSA) is 69.9 Å². The summed E-state index contributed by atoms with van der Waals surface area (Å²) in [5, 5.41) is 8.63. The number of aromatic nitrogens is 2. The van der Waals surface area contributed by atoms with Gasteiger partial charge in [0.2, 0.25) is 11.9 Å². The molecule has 0 N–H and O–H groups in total. The van der Waals surface area contributed by atoms with Gasteiger partial charge in [0, 0.05) is 19.2 Å². The summed E-state index contributed by atoms with van der Waals surface area (Å²) < 4.78 is 0. The van der Waals surface area contributed by atoms with Gasteiger partial charge in [-0.2, -0.15) is 5.26 Å². The normalized spacial score (nSPS) is 15.6. The van der Waals surface area contributed by atoms with E-state index in [0.717, 1.165) is 6.42 Å². The van der Waals surface area contributed by atoms with Crippen LogP contribution >= 0.6 is 0 Å². The molecule has 0 atom stereocenters. The van der Waals surface area contributed by atoms with E-state index in [1.165, 1.54) is 17.2 Å². The standard InChI is InChI=1S/C9H8N4O/c10-6-7-3-4-11-9(12-7)13-5-1-2-8(13)14/h3-4H,1-2,5H2. The van der Waals surface area contributed by atoms with Gasteiger partial charge in [0.1, 0.15) is 11.8 Å². The summed E-state index contributed by atoms with van der Waals surface area (Å²) in [6, 6.07) is 3.43. The second kappa shape index (κ2) is 3.42. The van der Waals surface area contributed by atoms with Crippen molar-refractivity contribution in [3.8, 4) is 6.07 Å². The van der Waals surface area contributed by atoms with Gasteiger partial charge in [0.15, 0.2) is 0 Å². The Morgan fingerprint density at radius 2 is 2.43 bits per heavy atom. The van der Waals surface area contributed by atoms with Gasteiger partial charge in [-0.15, -0.1) is 0 Å². The fourth-order valence-electron chi connectivity index (χ4n) is 1.40. The van der Waals surface area contributed by atoms with Crippen LogP contribution in [0, 0.1) is 11.3 Å². The zero-order valence-corrected chi connectivity index (χ0v) is 7.47. The van der Waals surface area contributed by atoms with Crippen LogP contribution in [0.2, 0.25) is 0 Å². The smallest absolute Gasteiger partial charge is 0.233 e. The van der Waals surface area contributed by atoms with Crippen LogP contribution in [0.3, 0.4) is 0 Å². The Morgan fingerprint density at radius 3 is 3.07 bits per heavy atom. The van der Waals surface area contributed by atoms with Crippen LogP contribution in [0.25, 0.3) is 0 Å². The number of rotatable bonds is 1. The zero-order valence-electron chi connectivity index (χ0n) is 7.47. The second-order valence-corrected chi connectivity index (χ2v) is 3.00. The molecule has 0 unspecified atom stereocenters. The van der Waals surface area contributed by atoms with Crippen molar-refractivity contribution < 1.29 is 4.79 Å². The molecule has 1 saturated heterocycles. The number of anilines is 1. The first-order valence-corrected chi connectivity index (χ1v) is 4.35. The summed E-state index contributed by atoms with van der Waals surface area (Å²) in [6.07, 6.45) is 2.87. The molecule has 0 aromatic carbocycles. The number of hydrogen-bond acceptors (Lipinski definition) is 4. The van der Waals surface area contributed by atoms with E-state index < -0.39 is 0 Å². The Morgan fingerprint density at radius 1 is 1.57 bits per heavy atom. The lowest BCUT2D eigenvalue weighted by molar-refractivity contribution is -0.117. The number of nitrogens with zero attached hydrogens (tertiary/aromatic N) is 4. The van der Waals surface area contributed by atoms with Crippen molar-refractivity contribution in [1.29, 1.82) is 5.26 Å². The predicted octanol–water partition coefficient (Wildman–Crippen LogP) is 0.475. The lowest BCUT2D eigenvalue weighted by Crippen LogP contribution is -2.25. The third kappa shape index (κ3) is 1.42. The highest BCUT2D eigenvalue weighted by Gasteiger charge is 2.23. The highest BCUT2D eigenvalue weighted by atomic mass is 16.2. The molecular weight excluding hydrogens is 180 g/mol. The first-order valence-electron chi connectivity index (χ1n) is 4.35. The van der Waals surface area contributed by atoms with Gasteiger partial charge >= 0.3 is 0 Å². The van der Waals surface area contributed by atoms with Crippen LogP contribution in [0.5, 0.6) is 0 Å². The van der Waals surface area contributed by atoms with Gasteiger partial charge < -0.3 is 0 Å². The Balaban J connectivity index is 2.32. The Hall–Kier alpha value is -1.96. The van der Waals surface area contributed by atoms with Crippen LogP contribution in [0.4, 0.5) is 5.95 Å². The molecule has 1 aliphatic heterocycles. The quantitative estimate of drug-likeness (QED) is 0.642. The molecule has 2 heterocycles. The lowest BCUT2D eigenvalue weighted by atomic mass is 10.4. The average molecular weight is 188 g/mol. The number of carbonyl (C=O) groups excluding carboxylic acids is 1. The summed E-state index contributed by atoms with van der Waals surface area (Å²) in [4.78, 5) is 20.8. The minimum Gasteiger partial charge on any atom is -0.281 e. The van der Waals surface area contributed by atoms with E-state index >= 15 is 0 Å². The molecule has 0 saturated carbocycles. The summed E-state index contributed by atoms with van der Waals surface area (Å²) in [5.74, 6) is 0.367. The number of nitriles is 1. The van der Waals surface area contributed by atoms with Gasteiger partial charge in [0.25, 0.3) is 0 Å². The highest BCUT2D eigenvalue weighted by molar-refractivity contribution is 5.93. The Kier molecular flexibility index (Phi) is 2.11. The third-order valence-electron chi connectivity index (χ3n) is 2.07. The maximum atomic E-state index is 11.3. The molecule has 5 nitrogen and oxygen atoms in total. The van der Waals surface area contributed by atoms with Crippen molar-refractivity contribution in [2.75, 3.05) is 11.4 Å². The summed E-state index contributed by atoms with van der Waals surface area (Å²) >= 11 is 0. The van der Waals surface area contributed by atoms with Crippen molar-refractivity contribution in [2.24, 2.45) is 0 Å². The van der Waals surface area contributed by atoms with E-state index in [1.807, 2.05) is 6.07 Å². The van der Waals surface area contributed by atoms with Crippen molar-refractivity contribution in [3.05, 3.63) is 18.0 Å². The molecule has 5 heteroatoms. The van der Waals surface area contributed by atoms with Crippen molar-refractivity contribution in [3.63, 3.8) is 0 Å². The average Bonchev–Trinajstić information content (AvgIpc) is 2.65. The molecule has 1 amide bonds. The van der Waals surface area contributed by atoms with E-state index in [1.54, 1.807) is 0 Å². The largest absolute Gasteiger partial charge is 0.281 e. The second-order valence-electron chi connectivity index (χ2n) is 3.00. The summed E-state index contributed by atoms with van der Waals surface area (Å²) in [5.41, 5.74) is 0.287. The van der Waals surface area contributed by atoms with Crippen LogP contribution in [0.15, 0.2) is 12.3 Å². The van der Waals surface area contributed by atoms with Gasteiger partial charge in [0.05, 0.1) is 0 Å². The van der Waals surface area contributed by atoms with Crippen LogP contribution in [0.1, 0.15) is 18.5 Å². The number of amides is 1. The van der Waals surface area contributed by atoms with Crippen molar-refractivity contribution in [2.45, 2.75) is 12.8 Å². The number of carbonyl (C=O) groups is 1. The van der Waals surface area contributed by atoms with Gasteiger partial charge in [-0.3, -0.25) is 9.69 Å². The van der Waals surface area contributed by atoms with E-state index in [9.17, 15) is 4.79 Å². The molecule has 14 heavy (non-hydrogen) atoms. The molecule has 2 rings (SSSR count). The zero-order chi connectivity index (χ0) is 9.97. The SMILES string of the molecule is N#Cc1ccnc(N2CCCC2=O)n1. The number of hydrogen-bond donors (Lipinski definition) is 0. The molecular formula is C9H8N4O. The minimum absolute atomic E-state index is 0.0279. The van der Waals surface area contributed by atoms with Crippen LogP contribution < -0.4 is 4.90 Å². The fraction of sp³-hybridized carbons (Fsp3) is 0.333. The monoisotopic (exact) mass is 188 g/mol. The molecule has 0 aliphatic carbocycles. The Labute approximate surface area is 81.0 Å². The third-order valence-corrected chi connectivity index (χ3v) is 2.07. The molecule has 0 radical (unpaired) electrons. The van der Waals surface area contributed by atoms with Crippen molar-refractivity contribution in [1.82, 2.24) is 9.97 Å². The van der Waals surface area contributed by atoms with Crippen LogP contribution in [-0.4, -0.2) is 22.4 Å². The van der Waals surface area contributed by atoms with Gasteiger partial charge in [-0.25, -0.2) is 9.97 Å². The predicted molar refractivity (Wildman–Crippen MR) is 48.3 cm³/mol. The molecule has 0 bridgehead atoms. The lowest BCUT2D eigenvalue weighted by Gasteiger charge is -2.12. The van der Waals surface area contributed by atoms with Crippen LogP contribution in [-0.2, 0) is 4.79 Å². The molecule has 70 valence electrons. The molecule has 0 spiro atoms. The molecule has 1 aromatic heterocycles. The van der Waals surface area contributed by atoms with Gasteiger partial charge in [-0.1, -0.05) is 0 Å². The molecule has 1 fully saturated rings. The minimum atomic E-state index is 0.0279. The van der Waals surface area contributed by atoms with Gasteiger partial charge in [-0.05, 0) is 12.5 Å². The summed E-state index contributed by atoms with van der Waals surface area (Å²) in [7, 11) is 0. The summed E-state index contributed by atoms with van der Waals surface area (Å²) in [6.45, 7) is 0.647. The van der Waals surface area contributed by atoms with E-state index in [0.29, 0.717) is 18.9 Å². The molecule has 1 aromatic rings.